The van der Waals surface area contributed by atoms with Crippen LogP contribution < -0.4 is 15.8 Å². The summed E-state index contributed by atoms with van der Waals surface area (Å²) >= 11 is 5.78. The zero-order valence-corrected chi connectivity index (χ0v) is 11.7. The van der Waals surface area contributed by atoms with Gasteiger partial charge in [0, 0.05) is 19.7 Å². The number of hydrogen-bond acceptors (Lipinski definition) is 6. The molecule has 0 radical (unpaired) electrons. The highest BCUT2D eigenvalue weighted by Gasteiger charge is 2.08. The molecule has 7 nitrogen and oxygen atoms in total. The molecule has 0 saturated carbocycles. The molecular formula is C12H13ClN6O. The number of amides is 1. The Hall–Kier alpha value is -2.41. The van der Waals surface area contributed by atoms with E-state index in [0.29, 0.717) is 11.5 Å². The van der Waals surface area contributed by atoms with Gasteiger partial charge in [0.1, 0.15) is 0 Å². The summed E-state index contributed by atoms with van der Waals surface area (Å²) in [6, 6.07) is 8.78. The van der Waals surface area contributed by atoms with Gasteiger partial charge in [0.2, 0.25) is 17.2 Å². The molecule has 1 heterocycles. The second kappa shape index (κ2) is 6.16. The van der Waals surface area contributed by atoms with E-state index in [2.05, 4.69) is 25.8 Å². The van der Waals surface area contributed by atoms with E-state index in [-0.39, 0.29) is 17.1 Å². The first-order chi connectivity index (χ1) is 9.56. The molecule has 0 bridgehead atoms. The summed E-state index contributed by atoms with van der Waals surface area (Å²) in [6.07, 6.45) is 0. The van der Waals surface area contributed by atoms with Crippen LogP contribution in [-0.4, -0.2) is 35.0 Å². The molecule has 0 aliphatic rings. The van der Waals surface area contributed by atoms with Crippen LogP contribution in [0, 0.1) is 0 Å². The first kappa shape index (κ1) is 14.0. The topological polar surface area (TPSA) is 83.0 Å². The second-order valence-electron chi connectivity index (χ2n) is 4.07. The number of carbonyl (C=O) groups is 1. The van der Waals surface area contributed by atoms with E-state index in [1.807, 2.05) is 6.07 Å². The predicted molar refractivity (Wildman–Crippen MR) is 76.7 cm³/mol. The Bertz CT molecular complexity index is 604. The molecule has 1 amide bonds. The van der Waals surface area contributed by atoms with Crippen LogP contribution in [-0.2, 0) is 0 Å². The van der Waals surface area contributed by atoms with Gasteiger partial charge in [0.15, 0.2) is 0 Å². The van der Waals surface area contributed by atoms with Crippen molar-refractivity contribution in [2.75, 3.05) is 24.4 Å². The van der Waals surface area contributed by atoms with Crippen LogP contribution in [0.2, 0.25) is 5.28 Å². The van der Waals surface area contributed by atoms with E-state index >= 15 is 0 Å². The minimum atomic E-state index is -0.298. The number of anilines is 2. The van der Waals surface area contributed by atoms with E-state index in [1.165, 1.54) is 0 Å². The standard InChI is InChI=1S/C12H13ClN6O/c1-19(2)12-15-10(13)14-11(16-12)18-17-9(20)8-6-4-3-5-7-8/h3-7H,1-2H3,(H,17,20)(H,14,15,16,18). The van der Waals surface area contributed by atoms with E-state index in [4.69, 9.17) is 11.6 Å². The number of carbonyl (C=O) groups excluding carboxylic acids is 1. The Morgan fingerprint density at radius 3 is 2.50 bits per heavy atom. The molecule has 8 heteroatoms. The quantitative estimate of drug-likeness (QED) is 0.828. The van der Waals surface area contributed by atoms with Crippen molar-refractivity contribution >= 4 is 29.4 Å². The molecule has 0 aliphatic carbocycles. The molecule has 1 aromatic carbocycles. The molecule has 2 aromatic rings. The average Bonchev–Trinajstić information content (AvgIpc) is 2.45. The van der Waals surface area contributed by atoms with Gasteiger partial charge in [-0.25, -0.2) is 0 Å². The maximum atomic E-state index is 11.8. The van der Waals surface area contributed by atoms with Gasteiger partial charge in [-0.05, 0) is 23.7 Å². The molecule has 0 atom stereocenters. The number of aromatic nitrogens is 3. The van der Waals surface area contributed by atoms with Gasteiger partial charge >= 0.3 is 0 Å². The molecule has 0 aliphatic heterocycles. The second-order valence-corrected chi connectivity index (χ2v) is 4.41. The molecule has 2 rings (SSSR count). The molecule has 104 valence electrons. The fraction of sp³-hybridized carbons (Fsp3) is 0.167. The van der Waals surface area contributed by atoms with Crippen LogP contribution >= 0.6 is 11.6 Å². The Kier molecular flexibility index (Phi) is 4.31. The van der Waals surface area contributed by atoms with Gasteiger partial charge in [-0.15, -0.1) is 0 Å². The van der Waals surface area contributed by atoms with Crippen molar-refractivity contribution in [3.63, 3.8) is 0 Å². The highest BCUT2D eigenvalue weighted by Crippen LogP contribution is 2.10. The van der Waals surface area contributed by atoms with Gasteiger partial charge in [0.25, 0.3) is 5.91 Å². The Morgan fingerprint density at radius 1 is 1.15 bits per heavy atom. The summed E-state index contributed by atoms with van der Waals surface area (Å²) in [4.78, 5) is 25.4. The SMILES string of the molecule is CN(C)c1nc(Cl)nc(NNC(=O)c2ccccc2)n1. The number of hydrogen-bond donors (Lipinski definition) is 2. The van der Waals surface area contributed by atoms with Crippen molar-refractivity contribution in [2.45, 2.75) is 0 Å². The van der Waals surface area contributed by atoms with Crippen LogP contribution in [0.15, 0.2) is 30.3 Å². The fourth-order valence-corrected chi connectivity index (χ4v) is 1.53. The molecule has 0 spiro atoms. The molecule has 20 heavy (non-hydrogen) atoms. The molecule has 0 fully saturated rings. The van der Waals surface area contributed by atoms with Crippen LogP contribution in [0.25, 0.3) is 0 Å². The highest BCUT2D eigenvalue weighted by molar-refractivity contribution is 6.28. The Balaban J connectivity index is 2.06. The lowest BCUT2D eigenvalue weighted by molar-refractivity contribution is 0.0962. The largest absolute Gasteiger partial charge is 0.347 e. The third-order valence-corrected chi connectivity index (χ3v) is 2.49. The van der Waals surface area contributed by atoms with Gasteiger partial charge in [-0.1, -0.05) is 18.2 Å². The Morgan fingerprint density at radius 2 is 1.85 bits per heavy atom. The number of halogens is 1. The highest BCUT2D eigenvalue weighted by atomic mass is 35.5. The zero-order chi connectivity index (χ0) is 14.5. The van der Waals surface area contributed by atoms with Crippen molar-refractivity contribution in [1.29, 1.82) is 0 Å². The lowest BCUT2D eigenvalue weighted by Crippen LogP contribution is -2.30. The van der Waals surface area contributed by atoms with Crippen molar-refractivity contribution in [2.24, 2.45) is 0 Å². The minimum Gasteiger partial charge on any atom is -0.347 e. The normalized spacial score (nSPS) is 9.95. The lowest BCUT2D eigenvalue weighted by atomic mass is 10.2. The van der Waals surface area contributed by atoms with Crippen LogP contribution in [0.1, 0.15) is 10.4 Å². The average molecular weight is 293 g/mol. The maximum absolute atomic E-state index is 11.8. The summed E-state index contributed by atoms with van der Waals surface area (Å²) < 4.78 is 0. The number of hydrazine groups is 1. The predicted octanol–water partition coefficient (Wildman–Crippen LogP) is 1.35. The number of nitrogens with one attached hydrogen (secondary N) is 2. The summed E-state index contributed by atoms with van der Waals surface area (Å²) in [5.41, 5.74) is 5.62. The van der Waals surface area contributed by atoms with E-state index in [0.717, 1.165) is 0 Å². The zero-order valence-electron chi connectivity index (χ0n) is 11.0. The molecule has 2 N–H and O–H groups in total. The Labute approximate surface area is 121 Å². The number of nitrogens with zero attached hydrogens (tertiary/aromatic N) is 4. The number of rotatable bonds is 4. The minimum absolute atomic E-state index is 0.0418. The molecule has 1 aromatic heterocycles. The van der Waals surface area contributed by atoms with E-state index < -0.39 is 0 Å². The monoisotopic (exact) mass is 292 g/mol. The summed E-state index contributed by atoms with van der Waals surface area (Å²) in [7, 11) is 3.55. The van der Waals surface area contributed by atoms with Crippen molar-refractivity contribution in [1.82, 2.24) is 20.4 Å². The third kappa shape index (κ3) is 3.55. The first-order valence-electron chi connectivity index (χ1n) is 5.76. The van der Waals surface area contributed by atoms with E-state index in [1.54, 1.807) is 43.3 Å². The van der Waals surface area contributed by atoms with Crippen molar-refractivity contribution in [3.05, 3.63) is 41.2 Å². The van der Waals surface area contributed by atoms with Crippen LogP contribution in [0.5, 0.6) is 0 Å². The van der Waals surface area contributed by atoms with Gasteiger partial charge in [-0.2, -0.15) is 15.0 Å². The van der Waals surface area contributed by atoms with Crippen LogP contribution in [0.4, 0.5) is 11.9 Å². The maximum Gasteiger partial charge on any atom is 0.269 e. The number of benzene rings is 1. The van der Waals surface area contributed by atoms with Gasteiger partial charge < -0.3 is 4.90 Å². The first-order valence-corrected chi connectivity index (χ1v) is 6.14. The third-order valence-electron chi connectivity index (χ3n) is 2.32. The van der Waals surface area contributed by atoms with Gasteiger partial charge in [-0.3, -0.25) is 15.6 Å². The lowest BCUT2D eigenvalue weighted by Gasteiger charge is -2.12. The molecule has 0 saturated heterocycles. The van der Waals surface area contributed by atoms with Crippen molar-refractivity contribution < 1.29 is 4.79 Å². The molecule has 0 unspecified atom stereocenters. The molecular weight excluding hydrogens is 280 g/mol. The van der Waals surface area contributed by atoms with Gasteiger partial charge in [0.05, 0.1) is 0 Å². The fourth-order valence-electron chi connectivity index (χ4n) is 1.37. The van der Waals surface area contributed by atoms with E-state index in [9.17, 15) is 4.79 Å². The van der Waals surface area contributed by atoms with Crippen molar-refractivity contribution in [3.8, 4) is 0 Å². The summed E-state index contributed by atoms with van der Waals surface area (Å²) in [5.74, 6) is 0.257. The van der Waals surface area contributed by atoms with Crippen LogP contribution in [0.3, 0.4) is 0 Å². The summed E-state index contributed by atoms with van der Waals surface area (Å²) in [5, 5.41) is 0.0418. The summed E-state index contributed by atoms with van der Waals surface area (Å²) in [6.45, 7) is 0. The smallest absolute Gasteiger partial charge is 0.269 e.